The lowest BCUT2D eigenvalue weighted by molar-refractivity contribution is 0.298. The zero-order chi connectivity index (χ0) is 19.8. The Morgan fingerprint density at radius 3 is 1.85 bits per heavy atom. The highest BCUT2D eigenvalue weighted by molar-refractivity contribution is 6.79. The maximum atomic E-state index is 10.3. The van der Waals surface area contributed by atoms with Gasteiger partial charge in [0.05, 0.1) is 0 Å². The number of nitrogens with zero attached hydrogens (tertiary/aromatic N) is 1. The molecule has 0 fully saturated rings. The predicted molar refractivity (Wildman–Crippen MR) is 115 cm³/mol. The van der Waals surface area contributed by atoms with Crippen molar-refractivity contribution in [3.63, 3.8) is 0 Å². The van der Waals surface area contributed by atoms with Crippen LogP contribution < -0.4 is 10.9 Å². The number of hydrogen-bond donors (Lipinski definition) is 2. The summed E-state index contributed by atoms with van der Waals surface area (Å²) in [7, 11) is 0. The van der Waals surface area contributed by atoms with E-state index < -0.39 is 6.92 Å². The van der Waals surface area contributed by atoms with Gasteiger partial charge in [0.15, 0.2) is 0 Å². The molecule has 0 atom stereocenters. The number of pyridine rings is 1. The summed E-state index contributed by atoms with van der Waals surface area (Å²) in [6.07, 6.45) is 2.38. The lowest BCUT2D eigenvalue weighted by atomic mass is 9.56. The molecule has 0 aliphatic heterocycles. The fourth-order valence-corrected chi connectivity index (χ4v) is 2.79. The van der Waals surface area contributed by atoms with Gasteiger partial charge in [0, 0.05) is 35.0 Å². The maximum Gasteiger partial charge on any atom is 0.359 e. The fraction of sp³-hybridized carbons (Fsp3) is 0.190. The second-order valence-corrected chi connectivity index (χ2v) is 7.03. The number of benzene rings is 2. The summed E-state index contributed by atoms with van der Waals surface area (Å²) in [4.78, 5) is 4.01. The summed E-state index contributed by atoms with van der Waals surface area (Å²) in [6.45, 7) is 3.33. The first-order valence-corrected chi connectivity index (χ1v) is 9.39. The largest absolute Gasteiger partial charge is 0.443 e. The van der Waals surface area contributed by atoms with Gasteiger partial charge in [-0.2, -0.15) is 0 Å². The van der Waals surface area contributed by atoms with Crippen LogP contribution >= 0.6 is 23.2 Å². The predicted octanol–water partition coefficient (Wildman–Crippen LogP) is 3.32. The van der Waals surface area contributed by atoms with Crippen molar-refractivity contribution in [2.45, 2.75) is 20.3 Å². The van der Waals surface area contributed by atoms with Crippen LogP contribution in [0, 0.1) is 13.8 Å². The smallest absolute Gasteiger partial charge is 0.359 e. The van der Waals surface area contributed by atoms with E-state index >= 15 is 0 Å². The molecule has 0 aliphatic rings. The van der Waals surface area contributed by atoms with Crippen molar-refractivity contribution in [1.29, 1.82) is 0 Å². The van der Waals surface area contributed by atoms with Crippen molar-refractivity contribution >= 4 is 41.0 Å². The Bertz CT molecular complexity index is 824. The summed E-state index contributed by atoms with van der Waals surface area (Å²) in [5, 5.41) is 20.1. The van der Waals surface area contributed by atoms with E-state index in [1.54, 1.807) is 18.3 Å². The van der Waals surface area contributed by atoms with E-state index in [4.69, 9.17) is 28.3 Å². The molecule has 0 radical (unpaired) electrons. The molecule has 140 valence electrons. The molecule has 0 saturated carbocycles. The van der Waals surface area contributed by atoms with E-state index in [9.17, 15) is 5.02 Å². The third-order valence-corrected chi connectivity index (χ3v) is 4.93. The maximum absolute atomic E-state index is 10.3. The van der Waals surface area contributed by atoms with Crippen molar-refractivity contribution in [3.05, 3.63) is 87.7 Å². The summed E-state index contributed by atoms with van der Waals surface area (Å²) in [6, 6.07) is 16.8. The second-order valence-electron chi connectivity index (χ2n) is 6.21. The van der Waals surface area contributed by atoms with Gasteiger partial charge in [0.2, 0.25) is 0 Å². The Labute approximate surface area is 170 Å². The molecule has 2 N–H and O–H groups in total. The summed E-state index contributed by atoms with van der Waals surface area (Å²) in [5.74, 6) is 0. The molecular weight excluding hydrogens is 380 g/mol. The van der Waals surface area contributed by atoms with Gasteiger partial charge < -0.3 is 10.1 Å². The van der Waals surface area contributed by atoms with Crippen molar-refractivity contribution in [2.75, 3.05) is 6.61 Å². The number of halogens is 2. The van der Waals surface area contributed by atoms with Crippen molar-refractivity contribution in [3.8, 4) is 0 Å². The van der Waals surface area contributed by atoms with E-state index in [1.807, 2.05) is 56.3 Å². The lowest BCUT2D eigenvalue weighted by Crippen LogP contribution is -2.42. The van der Waals surface area contributed by atoms with Crippen LogP contribution in [0.4, 0.5) is 0 Å². The van der Waals surface area contributed by atoms with Crippen LogP contribution in [0.15, 0.2) is 60.8 Å². The first kappa shape index (κ1) is 21.5. The molecule has 3 nitrogen and oxygen atoms in total. The number of rotatable bonds is 4. The molecule has 1 aromatic heterocycles. The standard InChI is InChI=1S/C14H13BCl2O.C7H9NO/c1-9-3-5-11(7-13(9)16)15(18)12-6-4-10(2)14(17)8-12;9-6-4-7-3-1-2-5-8-7/h3-8,18H,1-2H3;1-3,5,9H,4,6H2. The minimum absolute atomic E-state index is 0.178. The minimum Gasteiger partial charge on any atom is -0.443 e. The Morgan fingerprint density at radius 2 is 1.44 bits per heavy atom. The molecule has 3 rings (SSSR count). The van der Waals surface area contributed by atoms with Gasteiger partial charge >= 0.3 is 6.92 Å². The Morgan fingerprint density at radius 1 is 0.889 bits per heavy atom. The monoisotopic (exact) mass is 401 g/mol. The molecule has 0 saturated heterocycles. The minimum atomic E-state index is -0.707. The van der Waals surface area contributed by atoms with Gasteiger partial charge in [-0.05, 0) is 60.2 Å². The topological polar surface area (TPSA) is 53.4 Å². The Kier molecular flexibility index (Phi) is 8.33. The second kappa shape index (κ2) is 10.5. The highest BCUT2D eigenvalue weighted by atomic mass is 35.5. The van der Waals surface area contributed by atoms with Crippen LogP contribution in [0.3, 0.4) is 0 Å². The van der Waals surface area contributed by atoms with Crippen LogP contribution in [0.25, 0.3) is 0 Å². The van der Waals surface area contributed by atoms with Gasteiger partial charge in [-0.25, -0.2) is 0 Å². The van der Waals surface area contributed by atoms with Crippen molar-refractivity contribution in [2.24, 2.45) is 0 Å². The van der Waals surface area contributed by atoms with E-state index in [0.29, 0.717) is 16.5 Å². The highest BCUT2D eigenvalue weighted by Crippen LogP contribution is 2.14. The van der Waals surface area contributed by atoms with Crippen LogP contribution in [0.1, 0.15) is 16.8 Å². The van der Waals surface area contributed by atoms with Crippen LogP contribution in [0.2, 0.25) is 10.0 Å². The lowest BCUT2D eigenvalue weighted by Gasteiger charge is -2.10. The van der Waals surface area contributed by atoms with E-state index in [0.717, 1.165) is 27.7 Å². The Hall–Kier alpha value is -1.85. The summed E-state index contributed by atoms with van der Waals surface area (Å²) < 4.78 is 0. The van der Waals surface area contributed by atoms with Crippen molar-refractivity contribution in [1.82, 2.24) is 4.98 Å². The highest BCUT2D eigenvalue weighted by Gasteiger charge is 2.18. The normalized spacial score (nSPS) is 10.1. The van der Waals surface area contributed by atoms with Crippen molar-refractivity contribution < 1.29 is 10.1 Å². The average Bonchev–Trinajstić information content (AvgIpc) is 2.67. The number of aliphatic hydroxyl groups excluding tert-OH is 1. The third-order valence-electron chi connectivity index (χ3n) is 4.12. The molecule has 2 aromatic carbocycles. The number of aryl methyl sites for hydroxylation is 2. The van der Waals surface area contributed by atoms with E-state index in [-0.39, 0.29) is 6.61 Å². The Balaban J connectivity index is 0.000000244. The molecular formula is C21H22BCl2NO2. The van der Waals surface area contributed by atoms with E-state index in [2.05, 4.69) is 4.98 Å². The van der Waals surface area contributed by atoms with Gasteiger partial charge in [-0.15, -0.1) is 0 Å². The molecule has 1 heterocycles. The SMILES string of the molecule is Cc1ccc(B(O)c2ccc(C)c(Cl)c2)cc1Cl.OCCc1ccccn1. The molecule has 0 unspecified atom stereocenters. The molecule has 0 spiro atoms. The van der Waals surface area contributed by atoms with Gasteiger partial charge in [-0.1, -0.05) is 53.5 Å². The fourth-order valence-electron chi connectivity index (χ4n) is 2.41. The molecule has 0 bridgehead atoms. The number of aromatic nitrogens is 1. The quantitative estimate of drug-likeness (QED) is 0.659. The zero-order valence-corrected chi connectivity index (χ0v) is 16.9. The van der Waals surface area contributed by atoms with Crippen LogP contribution in [0.5, 0.6) is 0 Å². The molecule has 0 amide bonds. The van der Waals surface area contributed by atoms with Gasteiger partial charge in [0.1, 0.15) is 0 Å². The van der Waals surface area contributed by atoms with Crippen LogP contribution in [-0.2, 0) is 6.42 Å². The molecule has 3 aromatic rings. The molecule has 0 aliphatic carbocycles. The van der Waals surface area contributed by atoms with Gasteiger partial charge in [-0.3, -0.25) is 4.98 Å². The third kappa shape index (κ3) is 6.37. The number of hydrogen-bond acceptors (Lipinski definition) is 3. The first-order valence-electron chi connectivity index (χ1n) is 8.63. The van der Waals surface area contributed by atoms with Crippen LogP contribution in [-0.4, -0.2) is 28.6 Å². The van der Waals surface area contributed by atoms with E-state index in [1.165, 1.54) is 0 Å². The summed E-state index contributed by atoms with van der Waals surface area (Å²) >= 11 is 12.1. The number of aliphatic hydroxyl groups is 1. The average molecular weight is 402 g/mol. The first-order chi connectivity index (χ1) is 12.9. The molecule has 6 heteroatoms. The zero-order valence-electron chi connectivity index (χ0n) is 15.4. The molecule has 27 heavy (non-hydrogen) atoms. The van der Waals surface area contributed by atoms with Gasteiger partial charge in [0.25, 0.3) is 0 Å². The summed E-state index contributed by atoms with van der Waals surface area (Å²) in [5.41, 5.74) is 4.47.